The Morgan fingerprint density at radius 3 is 2.63 bits per heavy atom. The first-order chi connectivity index (χ1) is 21.5. The molecule has 46 heavy (non-hydrogen) atoms. The van der Waals surface area contributed by atoms with E-state index in [-0.39, 0.29) is 82.6 Å². The van der Waals surface area contributed by atoms with Crippen LogP contribution < -0.4 is 4.74 Å². The molecule has 0 radical (unpaired) electrons. The molecule has 0 aliphatic carbocycles. The number of fused-ring (bicyclic) bond motifs is 1. The fourth-order valence-electron chi connectivity index (χ4n) is 4.49. The van der Waals surface area contributed by atoms with E-state index in [1.165, 1.54) is 24.4 Å². The summed E-state index contributed by atoms with van der Waals surface area (Å²) in [6, 6.07) is 6.48. The zero-order valence-electron chi connectivity index (χ0n) is 23.4. The Kier molecular flexibility index (Phi) is 10.9. The van der Waals surface area contributed by atoms with Crippen LogP contribution in [-0.4, -0.2) is 86.2 Å². The third-order valence-corrected chi connectivity index (χ3v) is 6.59. The van der Waals surface area contributed by atoms with Gasteiger partial charge in [-0.05, 0) is 36.8 Å². The summed E-state index contributed by atoms with van der Waals surface area (Å²) >= 11 is 0. The number of ether oxygens (including phenoxy) is 2. The van der Waals surface area contributed by atoms with Gasteiger partial charge in [-0.1, -0.05) is 18.1 Å². The minimum atomic E-state index is -4.79. The average molecular weight is 658 g/mol. The van der Waals surface area contributed by atoms with Gasteiger partial charge in [0, 0.05) is 11.6 Å². The molecule has 3 heterocycles. The number of benzene rings is 2. The maximum absolute atomic E-state index is 14.4. The molecule has 2 N–H and O–H groups in total. The van der Waals surface area contributed by atoms with Gasteiger partial charge in [-0.15, -0.1) is 0 Å². The summed E-state index contributed by atoms with van der Waals surface area (Å²) < 4.78 is 86.1. The predicted molar refractivity (Wildman–Crippen MR) is 153 cm³/mol. The summed E-state index contributed by atoms with van der Waals surface area (Å²) in [4.78, 5) is 31.3. The van der Waals surface area contributed by atoms with Gasteiger partial charge in [0.15, 0.2) is 17.4 Å². The second-order valence-electron chi connectivity index (χ2n) is 9.77. The molecule has 238 valence electrons. The number of carbonyl (C=O) groups is 2. The molecule has 0 spiro atoms. The van der Waals surface area contributed by atoms with Gasteiger partial charge in [0.05, 0.1) is 48.3 Å². The van der Waals surface area contributed by atoms with Gasteiger partial charge in [-0.2, -0.15) is 18.3 Å². The van der Waals surface area contributed by atoms with Crippen molar-refractivity contribution in [1.82, 2.24) is 20.1 Å². The van der Waals surface area contributed by atoms with E-state index in [4.69, 9.17) is 19.1 Å². The van der Waals surface area contributed by atoms with Gasteiger partial charge in [0.1, 0.15) is 23.9 Å². The van der Waals surface area contributed by atoms with Gasteiger partial charge in [-0.3, -0.25) is 9.80 Å². The number of halogens is 5. The number of carboxylic acids is 1. The van der Waals surface area contributed by atoms with Gasteiger partial charge in [0.2, 0.25) is 6.04 Å². The molecule has 0 amide bonds. The third-order valence-electron chi connectivity index (χ3n) is 6.59. The molecular weight excluding hydrogens is 632 g/mol. The Morgan fingerprint density at radius 1 is 1.13 bits per heavy atom. The molecule has 11 nitrogen and oxygen atoms in total. The van der Waals surface area contributed by atoms with Crippen molar-refractivity contribution in [2.75, 3.05) is 13.2 Å². The van der Waals surface area contributed by atoms with Gasteiger partial charge in [-0.25, -0.2) is 18.6 Å². The minimum absolute atomic E-state index is 0. The molecule has 0 bridgehead atoms. The number of nitrogens with one attached hydrogen (secondary N) is 1. The van der Waals surface area contributed by atoms with Crippen LogP contribution in [0.25, 0.3) is 22.6 Å². The maximum atomic E-state index is 14.4. The van der Waals surface area contributed by atoms with Gasteiger partial charge >= 0.3 is 47.7 Å². The van der Waals surface area contributed by atoms with Crippen molar-refractivity contribution < 1.29 is 50.6 Å². The van der Waals surface area contributed by atoms with Crippen LogP contribution in [0.3, 0.4) is 0 Å². The fraction of sp³-hybridized carbons (Fsp3) is 0.276. The molecule has 2 aromatic carbocycles. The van der Waals surface area contributed by atoms with Crippen molar-refractivity contribution in [1.29, 1.82) is 0 Å². The zero-order chi connectivity index (χ0) is 32.3. The number of aromatic amines is 1. The third kappa shape index (κ3) is 7.57. The number of alkyl halides is 3. The van der Waals surface area contributed by atoms with Gasteiger partial charge in [0.25, 0.3) is 0 Å². The van der Waals surface area contributed by atoms with Crippen molar-refractivity contribution in [3.63, 3.8) is 0 Å². The number of esters is 1. The Morgan fingerprint density at radius 2 is 1.91 bits per heavy atom. The van der Waals surface area contributed by atoms with Crippen LogP contribution in [0, 0.1) is 11.6 Å². The number of carbonyl (C=O) groups excluding carboxylic acids is 1. The molecule has 0 saturated carbocycles. The monoisotopic (exact) mass is 657 g/mol. The Labute approximate surface area is 279 Å². The van der Waals surface area contributed by atoms with E-state index < -0.39 is 54.4 Å². The first-order valence-electron chi connectivity index (χ1n) is 13.5. The number of aliphatic carboxylic acids is 1. The van der Waals surface area contributed by atoms with Gasteiger partial charge < -0.3 is 24.1 Å². The number of carboxylic acid groups (broad SMARTS) is 1. The number of hydrogen-bond donors (Lipinski definition) is 2. The van der Waals surface area contributed by atoms with E-state index in [2.05, 4.69) is 20.2 Å². The standard InChI is InChI=1S/C29H24F5N5O6.Na.H/c1-2-9-43-15-6-7-16(18(11-15)29(32,33)34)20-12-23(45-38-20)26(28(42)44-10-8-24(40)41)39-14-22-21(13-35-39)36-27(37-22)17-4-3-5-19(30)25(17)31;;/h3-7,11-13,26H,2,8-10,14H2,1H3,(H,36,37)(H,40,41);;. The summed E-state index contributed by atoms with van der Waals surface area (Å²) in [6.07, 6.45) is -3.47. The Balaban J connectivity index is 0.00000480. The van der Waals surface area contributed by atoms with E-state index in [1.807, 2.05) is 6.92 Å². The summed E-state index contributed by atoms with van der Waals surface area (Å²) in [6.45, 7) is 1.28. The summed E-state index contributed by atoms with van der Waals surface area (Å²) in [5.41, 5.74) is -1.23. The second kappa shape index (κ2) is 14.4. The summed E-state index contributed by atoms with van der Waals surface area (Å²) in [5, 5.41) is 18.1. The molecule has 1 aliphatic heterocycles. The number of nitrogens with zero attached hydrogens (tertiary/aromatic N) is 4. The first kappa shape index (κ1) is 34.6. The van der Waals surface area contributed by atoms with Crippen LogP contribution in [0.5, 0.6) is 5.75 Å². The molecule has 1 unspecified atom stereocenters. The van der Waals surface area contributed by atoms with E-state index in [1.54, 1.807) is 0 Å². The molecule has 0 fully saturated rings. The Hall–Kier alpha value is -4.28. The summed E-state index contributed by atoms with van der Waals surface area (Å²) in [5.74, 6) is -4.76. The molecular formula is C29H25F5N5NaO6. The van der Waals surface area contributed by atoms with Crippen molar-refractivity contribution in [2.24, 2.45) is 5.10 Å². The number of H-pyrrole nitrogens is 1. The molecule has 0 saturated heterocycles. The fourth-order valence-corrected chi connectivity index (χ4v) is 4.49. The molecule has 17 heteroatoms. The topological polar surface area (TPSA) is 143 Å². The molecule has 1 atom stereocenters. The van der Waals surface area contributed by atoms with Crippen molar-refractivity contribution in [2.45, 2.75) is 38.5 Å². The van der Waals surface area contributed by atoms with Crippen LogP contribution in [0.2, 0.25) is 0 Å². The number of hydrogen-bond acceptors (Lipinski definition) is 9. The van der Waals surface area contributed by atoms with E-state index in [9.17, 15) is 31.5 Å². The Bertz CT molecular complexity index is 1760. The van der Waals surface area contributed by atoms with Crippen LogP contribution in [-0.2, 0) is 27.0 Å². The first-order valence-corrected chi connectivity index (χ1v) is 13.5. The second-order valence-corrected chi connectivity index (χ2v) is 9.77. The summed E-state index contributed by atoms with van der Waals surface area (Å²) in [7, 11) is 0. The predicted octanol–water partition coefficient (Wildman–Crippen LogP) is 5.08. The van der Waals surface area contributed by atoms with Crippen molar-refractivity contribution in [3.8, 4) is 28.4 Å². The molecule has 2 aromatic heterocycles. The van der Waals surface area contributed by atoms with Crippen LogP contribution >= 0.6 is 0 Å². The van der Waals surface area contributed by atoms with Crippen LogP contribution in [0.4, 0.5) is 22.0 Å². The molecule has 4 aromatic rings. The normalized spacial score (nSPS) is 13.1. The van der Waals surface area contributed by atoms with E-state index >= 15 is 0 Å². The van der Waals surface area contributed by atoms with Crippen LogP contribution in [0.15, 0.2) is 52.1 Å². The van der Waals surface area contributed by atoms with Crippen molar-refractivity contribution in [3.05, 3.63) is 76.8 Å². The van der Waals surface area contributed by atoms with E-state index in [0.29, 0.717) is 12.1 Å². The quantitative estimate of drug-likeness (QED) is 0.128. The van der Waals surface area contributed by atoms with Crippen LogP contribution in [0.1, 0.15) is 48.5 Å². The zero-order valence-corrected chi connectivity index (χ0v) is 23.4. The average Bonchev–Trinajstić information content (AvgIpc) is 3.64. The number of rotatable bonds is 11. The number of imidazole rings is 1. The van der Waals surface area contributed by atoms with Crippen molar-refractivity contribution >= 4 is 47.7 Å². The molecule has 1 aliphatic rings. The number of aromatic nitrogens is 3. The molecule has 5 rings (SSSR count). The van der Waals surface area contributed by atoms with E-state index in [0.717, 1.165) is 29.3 Å². The SMILES string of the molecule is CCCOc1ccc(-c2cc(C(C(=O)OCCC(=O)O)N3Cc4nc(-c5cccc(F)c5F)[nH]c4C=N3)on2)c(C(F)(F)F)c1.[NaH]. The number of hydrazone groups is 1.